The highest BCUT2D eigenvalue weighted by Crippen LogP contribution is 2.36. The van der Waals surface area contributed by atoms with E-state index in [9.17, 15) is 35.9 Å². The summed E-state index contributed by atoms with van der Waals surface area (Å²) in [6.45, 7) is 0. The predicted molar refractivity (Wildman–Crippen MR) is 67.1 cm³/mol. The van der Waals surface area contributed by atoms with Gasteiger partial charge >= 0.3 is 18.1 Å². The van der Waals surface area contributed by atoms with E-state index in [1.165, 1.54) is 0 Å². The fraction of sp³-hybridized carbons (Fsp3) is 0.231. The summed E-state index contributed by atoms with van der Waals surface area (Å²) in [5, 5.41) is 1.75. The van der Waals surface area contributed by atoms with Crippen molar-refractivity contribution >= 4 is 17.6 Å². The van der Waals surface area contributed by atoms with E-state index in [4.69, 9.17) is 0 Å². The lowest BCUT2D eigenvalue weighted by molar-refractivity contribution is -0.140. The van der Waals surface area contributed by atoms with Gasteiger partial charge in [-0.2, -0.15) is 13.2 Å². The second-order valence-corrected chi connectivity index (χ2v) is 4.11. The van der Waals surface area contributed by atoms with Crippen LogP contribution in [-0.2, 0) is 25.2 Å². The molecule has 0 aliphatic carbocycles. The largest absolute Gasteiger partial charge is 0.466 e. The van der Waals surface area contributed by atoms with Gasteiger partial charge in [0.25, 0.3) is 0 Å². The molecule has 0 aliphatic heterocycles. The number of rotatable bonds is 4. The molecule has 1 rings (SSSR count). The molecule has 0 spiro atoms. The number of esters is 2. The van der Waals surface area contributed by atoms with Crippen LogP contribution < -0.4 is 5.32 Å². The lowest BCUT2D eigenvalue weighted by Gasteiger charge is -2.14. The van der Waals surface area contributed by atoms with E-state index in [1.54, 1.807) is 5.32 Å². The monoisotopic (exact) mass is 357 g/mol. The van der Waals surface area contributed by atoms with Crippen LogP contribution in [0.1, 0.15) is 5.56 Å². The van der Waals surface area contributed by atoms with Crippen molar-refractivity contribution in [3.05, 3.63) is 40.9 Å². The third-order valence-corrected chi connectivity index (χ3v) is 2.59. The summed E-state index contributed by atoms with van der Waals surface area (Å²) >= 11 is 0. The summed E-state index contributed by atoms with van der Waals surface area (Å²) in [4.78, 5) is 22.6. The maximum Gasteiger partial charge on any atom is 0.419 e. The first-order valence-electron chi connectivity index (χ1n) is 5.92. The van der Waals surface area contributed by atoms with E-state index in [0.717, 1.165) is 14.2 Å². The lowest BCUT2D eigenvalue weighted by Crippen LogP contribution is -2.18. The molecule has 0 radical (unpaired) electrons. The number of nitrogens with one attached hydrogen (secondary N) is 1. The fourth-order valence-corrected chi connectivity index (χ4v) is 1.48. The van der Waals surface area contributed by atoms with Crippen LogP contribution in [0.4, 0.5) is 32.0 Å². The van der Waals surface area contributed by atoms with Crippen LogP contribution in [0.25, 0.3) is 0 Å². The number of carbonyl (C=O) groups is 2. The quantitative estimate of drug-likeness (QED) is 0.389. The molecule has 5 nitrogen and oxygen atoms in total. The van der Waals surface area contributed by atoms with Gasteiger partial charge in [0.05, 0.1) is 31.5 Å². The molecule has 0 fully saturated rings. The molecular formula is C13H9F6NO4. The first kappa shape index (κ1) is 19.3. The molecule has 0 bridgehead atoms. The highest BCUT2D eigenvalue weighted by atomic mass is 19.4. The number of hydrogen-bond acceptors (Lipinski definition) is 5. The van der Waals surface area contributed by atoms with Crippen molar-refractivity contribution in [2.45, 2.75) is 6.18 Å². The summed E-state index contributed by atoms with van der Waals surface area (Å²) in [5.41, 5.74) is -4.20. The Hall–Kier alpha value is -2.72. The van der Waals surface area contributed by atoms with Crippen molar-refractivity contribution in [1.82, 2.24) is 0 Å². The molecule has 0 aliphatic rings. The number of anilines is 1. The topological polar surface area (TPSA) is 64.6 Å². The molecule has 0 aromatic heterocycles. The van der Waals surface area contributed by atoms with Gasteiger partial charge in [-0.05, 0) is 6.07 Å². The normalized spacial score (nSPS) is 11.9. The Morgan fingerprint density at radius 1 is 1.04 bits per heavy atom. The van der Waals surface area contributed by atoms with Crippen LogP contribution in [-0.4, -0.2) is 26.2 Å². The number of methoxy groups -OCH3 is 2. The Labute approximate surface area is 130 Å². The third kappa shape index (κ3) is 4.18. The second kappa shape index (κ2) is 7.23. The summed E-state index contributed by atoms with van der Waals surface area (Å²) < 4.78 is 86.5. The van der Waals surface area contributed by atoms with Crippen molar-refractivity contribution in [3.63, 3.8) is 0 Å². The zero-order chi connectivity index (χ0) is 18.7. The summed E-state index contributed by atoms with van der Waals surface area (Å²) in [6, 6.07) is -0.0954. The molecule has 0 saturated heterocycles. The van der Waals surface area contributed by atoms with Crippen LogP contribution in [0.3, 0.4) is 0 Å². The molecule has 0 unspecified atom stereocenters. The van der Waals surface area contributed by atoms with Crippen molar-refractivity contribution in [1.29, 1.82) is 0 Å². The third-order valence-electron chi connectivity index (χ3n) is 2.59. The van der Waals surface area contributed by atoms with Gasteiger partial charge in [0.1, 0.15) is 5.70 Å². The van der Waals surface area contributed by atoms with Crippen molar-refractivity contribution in [3.8, 4) is 0 Å². The van der Waals surface area contributed by atoms with E-state index in [0.29, 0.717) is 6.08 Å². The number of carbonyl (C=O) groups excluding carboxylic acids is 2. The number of benzene rings is 1. The molecule has 1 N–H and O–H groups in total. The van der Waals surface area contributed by atoms with Gasteiger partial charge in [-0.15, -0.1) is 0 Å². The Morgan fingerprint density at radius 3 is 2.08 bits per heavy atom. The van der Waals surface area contributed by atoms with Crippen molar-refractivity contribution in [2.24, 2.45) is 0 Å². The van der Waals surface area contributed by atoms with Gasteiger partial charge in [0.15, 0.2) is 17.5 Å². The fourth-order valence-electron chi connectivity index (χ4n) is 1.48. The number of ether oxygens (including phenoxy) is 2. The Kier molecular flexibility index (Phi) is 5.83. The van der Waals surface area contributed by atoms with Crippen LogP contribution in [0.15, 0.2) is 17.8 Å². The van der Waals surface area contributed by atoms with E-state index in [2.05, 4.69) is 9.47 Å². The molecule has 1 aromatic rings. The Balaban J connectivity index is 3.44. The van der Waals surface area contributed by atoms with Crippen LogP contribution in [0.2, 0.25) is 0 Å². The predicted octanol–water partition coefficient (Wildman–Crippen LogP) is 2.76. The Bertz CT molecular complexity index is 699. The highest BCUT2D eigenvalue weighted by Gasteiger charge is 2.37. The van der Waals surface area contributed by atoms with Gasteiger partial charge in [-0.25, -0.2) is 22.8 Å². The summed E-state index contributed by atoms with van der Waals surface area (Å²) in [7, 11) is 1.78. The molecule has 1 aromatic carbocycles. The molecular weight excluding hydrogens is 348 g/mol. The van der Waals surface area contributed by atoms with Crippen LogP contribution in [0, 0.1) is 17.5 Å². The molecule has 11 heteroatoms. The number of alkyl halides is 3. The highest BCUT2D eigenvalue weighted by molar-refractivity contribution is 5.98. The van der Waals surface area contributed by atoms with Gasteiger partial charge in [0, 0.05) is 0 Å². The van der Waals surface area contributed by atoms with Crippen molar-refractivity contribution < 1.29 is 45.4 Å². The van der Waals surface area contributed by atoms with Gasteiger partial charge in [-0.1, -0.05) is 0 Å². The maximum absolute atomic E-state index is 13.6. The standard InChI is InChI=1S/C13H9F6NO4/c1-23-8(21)4-7(12(22)24-2)20-6-3-5(13(17,18)19)9(14)11(16)10(6)15/h3-4,20H,1-2H3/b7-4+. The maximum atomic E-state index is 13.6. The number of halogens is 6. The first-order chi connectivity index (χ1) is 11.0. The minimum Gasteiger partial charge on any atom is -0.466 e. The lowest BCUT2D eigenvalue weighted by atomic mass is 10.1. The van der Waals surface area contributed by atoms with Crippen molar-refractivity contribution in [2.75, 3.05) is 19.5 Å². The second-order valence-electron chi connectivity index (χ2n) is 4.11. The van der Waals surface area contributed by atoms with Crippen LogP contribution in [0.5, 0.6) is 0 Å². The average molecular weight is 357 g/mol. The molecule has 132 valence electrons. The van der Waals surface area contributed by atoms with Crippen LogP contribution >= 0.6 is 0 Å². The Morgan fingerprint density at radius 2 is 1.62 bits per heavy atom. The first-order valence-corrected chi connectivity index (χ1v) is 5.92. The van der Waals surface area contributed by atoms with Gasteiger partial charge in [0.2, 0.25) is 0 Å². The molecule has 0 heterocycles. The van der Waals surface area contributed by atoms with Gasteiger partial charge < -0.3 is 14.8 Å². The van der Waals surface area contributed by atoms with E-state index in [-0.39, 0.29) is 6.07 Å². The molecule has 24 heavy (non-hydrogen) atoms. The zero-order valence-electron chi connectivity index (χ0n) is 12.1. The van der Waals surface area contributed by atoms with E-state index in [1.807, 2.05) is 0 Å². The minimum absolute atomic E-state index is 0.0954. The summed E-state index contributed by atoms with van der Waals surface area (Å²) in [6.07, 6.45) is -4.90. The van der Waals surface area contributed by atoms with E-state index >= 15 is 0 Å². The molecule has 0 amide bonds. The summed E-state index contributed by atoms with van der Waals surface area (Å²) in [5.74, 6) is -9.31. The molecule has 0 saturated carbocycles. The average Bonchev–Trinajstić information content (AvgIpc) is 2.52. The SMILES string of the molecule is COC(=O)/C=C(/Nc1cc(C(F)(F)F)c(F)c(F)c1F)C(=O)OC. The van der Waals surface area contributed by atoms with E-state index < -0.39 is 52.5 Å². The zero-order valence-corrected chi connectivity index (χ0v) is 12.1. The minimum atomic E-state index is -5.33. The molecule has 0 atom stereocenters. The van der Waals surface area contributed by atoms with Gasteiger partial charge in [-0.3, -0.25) is 0 Å². The number of hydrogen-bond donors (Lipinski definition) is 1. The smallest absolute Gasteiger partial charge is 0.419 e.